The molecule has 118 valence electrons. The van der Waals surface area contributed by atoms with E-state index < -0.39 is 24.1 Å². The summed E-state index contributed by atoms with van der Waals surface area (Å²) in [6.45, 7) is -2.58. The van der Waals surface area contributed by atoms with Gasteiger partial charge in [-0.25, -0.2) is 4.79 Å². The minimum Gasteiger partial charge on any atom is -0.434 e. The van der Waals surface area contributed by atoms with Gasteiger partial charge >= 0.3 is 12.6 Å². The monoisotopic (exact) mass is 312 g/mol. The van der Waals surface area contributed by atoms with Crippen LogP contribution in [0.15, 0.2) is 24.3 Å². The number of urea groups is 1. The predicted octanol–water partition coefficient (Wildman–Crippen LogP) is 1.50. The number of benzene rings is 1. The summed E-state index contributed by atoms with van der Waals surface area (Å²) >= 11 is 0. The number of carbonyl (C=O) groups is 2. The highest BCUT2D eigenvalue weighted by molar-refractivity contribution is 6.07. The third-order valence-electron chi connectivity index (χ3n) is 3.78. The molecule has 0 saturated carbocycles. The van der Waals surface area contributed by atoms with Crippen LogP contribution < -0.4 is 10.1 Å². The third kappa shape index (κ3) is 2.50. The molecule has 2 fully saturated rings. The summed E-state index contributed by atoms with van der Waals surface area (Å²) in [6, 6.07) is 5.52. The van der Waals surface area contributed by atoms with Crippen LogP contribution >= 0.6 is 0 Å². The van der Waals surface area contributed by atoms with Crippen LogP contribution in [0.25, 0.3) is 0 Å². The van der Waals surface area contributed by atoms with Gasteiger partial charge in [-0.3, -0.25) is 9.69 Å². The fourth-order valence-corrected chi connectivity index (χ4v) is 2.67. The molecule has 2 aliphatic heterocycles. The zero-order chi connectivity index (χ0) is 15.7. The van der Waals surface area contributed by atoms with Gasteiger partial charge in [-0.15, -0.1) is 0 Å². The Morgan fingerprint density at radius 1 is 1.36 bits per heavy atom. The molecule has 3 rings (SSSR count). The van der Waals surface area contributed by atoms with Gasteiger partial charge in [0.15, 0.2) is 0 Å². The summed E-state index contributed by atoms with van der Waals surface area (Å²) in [5.41, 5.74) is -0.683. The number of nitrogens with zero attached hydrogens (tertiary/aromatic N) is 1. The quantitative estimate of drug-likeness (QED) is 0.856. The van der Waals surface area contributed by atoms with Crippen molar-refractivity contribution >= 4 is 11.9 Å². The first-order chi connectivity index (χ1) is 10.5. The highest BCUT2D eigenvalue weighted by Crippen LogP contribution is 2.30. The number of hydrogen-bond acceptors (Lipinski definition) is 4. The first-order valence-electron chi connectivity index (χ1n) is 6.76. The largest absolute Gasteiger partial charge is 0.434 e. The Morgan fingerprint density at radius 2 is 2.14 bits per heavy atom. The lowest BCUT2D eigenvalue weighted by Crippen LogP contribution is -2.47. The zero-order valence-electron chi connectivity index (χ0n) is 11.6. The number of ether oxygens (including phenoxy) is 2. The second-order valence-electron chi connectivity index (χ2n) is 5.19. The molecule has 1 N–H and O–H groups in total. The van der Waals surface area contributed by atoms with Gasteiger partial charge < -0.3 is 14.8 Å². The molecule has 2 aliphatic rings. The van der Waals surface area contributed by atoms with E-state index in [0.29, 0.717) is 18.6 Å². The molecule has 0 aromatic heterocycles. The molecule has 2 heterocycles. The fraction of sp³-hybridized carbons (Fsp3) is 0.429. The number of halogens is 2. The average molecular weight is 312 g/mol. The van der Waals surface area contributed by atoms with Crippen molar-refractivity contribution in [1.29, 1.82) is 0 Å². The summed E-state index contributed by atoms with van der Waals surface area (Å²) in [5.74, 6) is -0.455. The van der Waals surface area contributed by atoms with Crippen molar-refractivity contribution in [2.24, 2.45) is 0 Å². The van der Waals surface area contributed by atoms with E-state index in [0.717, 1.165) is 4.90 Å². The maximum atomic E-state index is 12.5. The van der Waals surface area contributed by atoms with E-state index in [4.69, 9.17) is 4.74 Å². The summed E-state index contributed by atoms with van der Waals surface area (Å²) in [6.07, 6.45) is 0.406. The van der Waals surface area contributed by atoms with E-state index >= 15 is 0 Å². The SMILES string of the molecule is O=C1N[C@]2(CCOC2)C(=O)N1Cc1ccccc1OC(F)F. The molecule has 8 heteroatoms. The van der Waals surface area contributed by atoms with Gasteiger partial charge in [0.2, 0.25) is 0 Å². The van der Waals surface area contributed by atoms with E-state index in [-0.39, 0.29) is 18.9 Å². The number of imide groups is 1. The standard InChI is InChI=1S/C14H14F2N2O4/c15-12(16)22-10-4-2-1-3-9(10)7-18-11(19)14(17-13(18)20)5-6-21-8-14/h1-4,12H,5-8H2,(H,17,20)/t14-/m0/s1. The van der Waals surface area contributed by atoms with Crippen molar-refractivity contribution in [1.82, 2.24) is 10.2 Å². The predicted molar refractivity (Wildman–Crippen MR) is 70.3 cm³/mol. The maximum absolute atomic E-state index is 12.5. The van der Waals surface area contributed by atoms with E-state index in [9.17, 15) is 18.4 Å². The number of para-hydroxylation sites is 1. The number of nitrogens with one attached hydrogen (secondary N) is 1. The Labute approximate surface area is 125 Å². The molecule has 1 spiro atoms. The summed E-state index contributed by atoms with van der Waals surface area (Å²) in [7, 11) is 0. The van der Waals surface area contributed by atoms with Gasteiger partial charge in [0, 0.05) is 18.6 Å². The van der Waals surface area contributed by atoms with Crippen LogP contribution in [0.2, 0.25) is 0 Å². The van der Waals surface area contributed by atoms with Gasteiger partial charge in [0.25, 0.3) is 5.91 Å². The topological polar surface area (TPSA) is 67.9 Å². The first-order valence-corrected chi connectivity index (χ1v) is 6.76. The summed E-state index contributed by atoms with van der Waals surface area (Å²) in [4.78, 5) is 25.5. The molecule has 1 atom stereocenters. The average Bonchev–Trinajstić information content (AvgIpc) is 3.02. The van der Waals surface area contributed by atoms with Crippen molar-refractivity contribution in [2.75, 3.05) is 13.2 Å². The van der Waals surface area contributed by atoms with Crippen LogP contribution in [0.1, 0.15) is 12.0 Å². The molecule has 0 aliphatic carbocycles. The van der Waals surface area contributed by atoms with Crippen molar-refractivity contribution in [3.05, 3.63) is 29.8 Å². The number of amides is 3. The molecule has 2 saturated heterocycles. The van der Waals surface area contributed by atoms with Crippen LogP contribution in [0.4, 0.5) is 13.6 Å². The summed E-state index contributed by atoms with van der Waals surface area (Å²) < 4.78 is 34.4. The first kappa shape index (κ1) is 14.7. The fourth-order valence-electron chi connectivity index (χ4n) is 2.67. The molecule has 1 aromatic rings. The Balaban J connectivity index is 1.81. The van der Waals surface area contributed by atoms with Gasteiger partial charge in [-0.2, -0.15) is 8.78 Å². The lowest BCUT2D eigenvalue weighted by molar-refractivity contribution is -0.131. The van der Waals surface area contributed by atoms with Gasteiger partial charge in [-0.1, -0.05) is 18.2 Å². The normalized spacial score (nSPS) is 24.4. The second kappa shape index (κ2) is 5.53. The lowest BCUT2D eigenvalue weighted by atomic mass is 9.99. The van der Waals surface area contributed by atoms with Crippen molar-refractivity contribution in [2.45, 2.75) is 25.1 Å². The smallest absolute Gasteiger partial charge is 0.387 e. The third-order valence-corrected chi connectivity index (χ3v) is 3.78. The van der Waals surface area contributed by atoms with Gasteiger partial charge in [-0.05, 0) is 6.07 Å². The molecule has 0 unspecified atom stereocenters. The Bertz CT molecular complexity index is 602. The van der Waals surface area contributed by atoms with E-state index in [1.165, 1.54) is 12.1 Å². The van der Waals surface area contributed by atoms with Crippen molar-refractivity contribution in [3.8, 4) is 5.75 Å². The summed E-state index contributed by atoms with van der Waals surface area (Å²) in [5, 5.41) is 2.63. The molecule has 6 nitrogen and oxygen atoms in total. The number of hydrogen-bond donors (Lipinski definition) is 1. The highest BCUT2D eigenvalue weighted by Gasteiger charge is 2.53. The highest BCUT2D eigenvalue weighted by atomic mass is 19.3. The van der Waals surface area contributed by atoms with Crippen molar-refractivity contribution < 1.29 is 27.8 Å². The Hall–Kier alpha value is -2.22. The minimum atomic E-state index is -2.97. The van der Waals surface area contributed by atoms with Crippen LogP contribution in [0.5, 0.6) is 5.75 Å². The Kier molecular flexibility index (Phi) is 3.69. The maximum Gasteiger partial charge on any atom is 0.387 e. The molecule has 3 amide bonds. The van der Waals surface area contributed by atoms with Crippen LogP contribution in [-0.4, -0.2) is 42.2 Å². The van der Waals surface area contributed by atoms with E-state index in [1.807, 2.05) is 0 Å². The van der Waals surface area contributed by atoms with Crippen LogP contribution in [-0.2, 0) is 16.1 Å². The van der Waals surface area contributed by atoms with Crippen molar-refractivity contribution in [3.63, 3.8) is 0 Å². The van der Waals surface area contributed by atoms with E-state index in [1.54, 1.807) is 12.1 Å². The number of carbonyl (C=O) groups excluding carboxylic acids is 2. The molecular weight excluding hydrogens is 298 g/mol. The second-order valence-corrected chi connectivity index (χ2v) is 5.19. The van der Waals surface area contributed by atoms with E-state index in [2.05, 4.69) is 10.1 Å². The molecule has 0 radical (unpaired) electrons. The molecule has 1 aromatic carbocycles. The number of rotatable bonds is 4. The van der Waals surface area contributed by atoms with Gasteiger partial charge in [0.05, 0.1) is 13.2 Å². The molecular formula is C14H14F2N2O4. The number of alkyl halides is 2. The molecule has 0 bridgehead atoms. The minimum absolute atomic E-state index is 0.0540. The Morgan fingerprint density at radius 3 is 2.82 bits per heavy atom. The zero-order valence-corrected chi connectivity index (χ0v) is 11.6. The molecule has 22 heavy (non-hydrogen) atoms. The van der Waals surface area contributed by atoms with Gasteiger partial charge in [0.1, 0.15) is 11.3 Å². The van der Waals surface area contributed by atoms with Crippen LogP contribution in [0.3, 0.4) is 0 Å². The van der Waals surface area contributed by atoms with Crippen LogP contribution in [0, 0.1) is 0 Å². The lowest BCUT2D eigenvalue weighted by Gasteiger charge is -2.19.